The first-order valence-corrected chi connectivity index (χ1v) is 7.80. The van der Waals surface area contributed by atoms with Crippen LogP contribution in [0.5, 0.6) is 0 Å². The number of nitrogens with zero attached hydrogens (tertiary/aromatic N) is 4. The van der Waals surface area contributed by atoms with E-state index in [0.717, 1.165) is 28.0 Å². The van der Waals surface area contributed by atoms with Gasteiger partial charge in [-0.15, -0.1) is 0 Å². The van der Waals surface area contributed by atoms with Gasteiger partial charge in [0.2, 0.25) is 0 Å². The van der Waals surface area contributed by atoms with E-state index in [0.29, 0.717) is 13.1 Å². The Morgan fingerprint density at radius 3 is 2.58 bits per heavy atom. The number of benzene rings is 1. The molecule has 122 valence electrons. The molecule has 1 aromatic carbocycles. The highest BCUT2D eigenvalue weighted by Gasteiger charge is 2.17. The van der Waals surface area contributed by atoms with E-state index < -0.39 is 0 Å². The molecule has 4 nitrogen and oxygen atoms in total. The minimum atomic E-state index is -0.240. The van der Waals surface area contributed by atoms with Crippen LogP contribution in [0.4, 0.5) is 10.2 Å². The summed E-state index contributed by atoms with van der Waals surface area (Å²) in [6, 6.07) is 10.7. The number of hydrogen-bond donors (Lipinski definition) is 0. The second kappa shape index (κ2) is 6.32. The molecule has 0 aliphatic rings. The van der Waals surface area contributed by atoms with Crippen molar-refractivity contribution in [3.05, 3.63) is 59.2 Å². The SMILES string of the molecule is Cc1c(C)n(CC#N)c2c(N(C)Cc3ccc(F)cc3)nccc12. The topological polar surface area (TPSA) is 44.9 Å². The Balaban J connectivity index is 2.07. The molecule has 2 aromatic heterocycles. The molecule has 0 N–H and O–H groups in total. The first-order valence-electron chi connectivity index (χ1n) is 7.80. The van der Waals surface area contributed by atoms with Gasteiger partial charge in [0.1, 0.15) is 12.4 Å². The fraction of sp³-hybridized carbons (Fsp3) is 0.263. The van der Waals surface area contributed by atoms with Crippen LogP contribution in [0.3, 0.4) is 0 Å². The van der Waals surface area contributed by atoms with Crippen LogP contribution in [0.2, 0.25) is 0 Å². The normalized spacial score (nSPS) is 10.8. The molecule has 0 saturated carbocycles. The van der Waals surface area contributed by atoms with Crippen molar-refractivity contribution in [2.24, 2.45) is 0 Å². The molecule has 0 bridgehead atoms. The van der Waals surface area contributed by atoms with E-state index in [2.05, 4.69) is 18.0 Å². The van der Waals surface area contributed by atoms with Crippen molar-refractivity contribution < 1.29 is 4.39 Å². The maximum atomic E-state index is 13.1. The molecule has 24 heavy (non-hydrogen) atoms. The summed E-state index contributed by atoms with van der Waals surface area (Å²) >= 11 is 0. The fourth-order valence-electron chi connectivity index (χ4n) is 3.06. The van der Waals surface area contributed by atoms with Crippen LogP contribution in [0.1, 0.15) is 16.8 Å². The van der Waals surface area contributed by atoms with Crippen LogP contribution < -0.4 is 4.90 Å². The average Bonchev–Trinajstić information content (AvgIpc) is 2.82. The second-order valence-electron chi connectivity index (χ2n) is 5.97. The molecule has 3 rings (SSSR count). The van der Waals surface area contributed by atoms with Gasteiger partial charge in [0.15, 0.2) is 5.82 Å². The summed E-state index contributed by atoms with van der Waals surface area (Å²) in [6.07, 6.45) is 1.79. The molecule has 0 amide bonds. The van der Waals surface area contributed by atoms with Crippen molar-refractivity contribution >= 4 is 16.7 Å². The maximum Gasteiger partial charge on any atom is 0.153 e. The van der Waals surface area contributed by atoms with Gasteiger partial charge in [-0.3, -0.25) is 0 Å². The van der Waals surface area contributed by atoms with E-state index in [9.17, 15) is 4.39 Å². The number of nitriles is 1. The van der Waals surface area contributed by atoms with Gasteiger partial charge < -0.3 is 9.47 Å². The zero-order valence-electron chi connectivity index (χ0n) is 14.0. The molecule has 0 atom stereocenters. The zero-order chi connectivity index (χ0) is 17.3. The lowest BCUT2D eigenvalue weighted by Crippen LogP contribution is -2.19. The molecule has 0 unspecified atom stereocenters. The van der Waals surface area contributed by atoms with E-state index in [1.165, 1.54) is 17.7 Å². The number of anilines is 1. The van der Waals surface area contributed by atoms with Crippen molar-refractivity contribution in [2.75, 3.05) is 11.9 Å². The summed E-state index contributed by atoms with van der Waals surface area (Å²) in [5.41, 5.74) is 4.22. The largest absolute Gasteiger partial charge is 0.354 e. The Bertz CT molecular complexity index is 919. The highest BCUT2D eigenvalue weighted by molar-refractivity contribution is 5.93. The molecule has 0 saturated heterocycles. The van der Waals surface area contributed by atoms with E-state index >= 15 is 0 Å². The summed E-state index contributed by atoms with van der Waals surface area (Å²) in [4.78, 5) is 6.57. The number of halogens is 1. The molecule has 0 aliphatic heterocycles. The van der Waals surface area contributed by atoms with Crippen LogP contribution in [0.15, 0.2) is 36.5 Å². The summed E-state index contributed by atoms with van der Waals surface area (Å²) < 4.78 is 15.1. The van der Waals surface area contributed by atoms with Gasteiger partial charge in [-0.2, -0.15) is 5.26 Å². The lowest BCUT2D eigenvalue weighted by Gasteiger charge is -2.20. The predicted molar refractivity (Wildman–Crippen MR) is 93.3 cm³/mol. The molecular formula is C19H19FN4. The molecule has 0 aliphatic carbocycles. The molecule has 2 heterocycles. The summed E-state index contributed by atoms with van der Waals surface area (Å²) in [5, 5.41) is 10.3. The van der Waals surface area contributed by atoms with Gasteiger partial charge in [-0.05, 0) is 43.2 Å². The highest BCUT2D eigenvalue weighted by Crippen LogP contribution is 2.31. The fourth-order valence-corrected chi connectivity index (χ4v) is 3.06. The monoisotopic (exact) mass is 322 g/mol. The van der Waals surface area contributed by atoms with Gasteiger partial charge in [0, 0.05) is 30.9 Å². The van der Waals surface area contributed by atoms with Crippen molar-refractivity contribution in [3.8, 4) is 6.07 Å². The lowest BCUT2D eigenvalue weighted by molar-refractivity contribution is 0.627. The summed E-state index contributed by atoms with van der Waals surface area (Å²) in [6.45, 7) is 4.99. The molecular weight excluding hydrogens is 303 g/mol. The van der Waals surface area contributed by atoms with E-state index in [1.54, 1.807) is 18.3 Å². The van der Waals surface area contributed by atoms with Crippen LogP contribution >= 0.6 is 0 Å². The lowest BCUT2D eigenvalue weighted by atomic mass is 10.2. The van der Waals surface area contributed by atoms with Crippen molar-refractivity contribution in [1.29, 1.82) is 5.26 Å². The highest BCUT2D eigenvalue weighted by atomic mass is 19.1. The van der Waals surface area contributed by atoms with Crippen molar-refractivity contribution in [3.63, 3.8) is 0 Å². The maximum absolute atomic E-state index is 13.1. The quantitative estimate of drug-likeness (QED) is 0.730. The summed E-state index contributed by atoms with van der Waals surface area (Å²) in [7, 11) is 1.96. The minimum absolute atomic E-state index is 0.240. The Labute approximate surface area is 140 Å². The summed E-state index contributed by atoms with van der Waals surface area (Å²) in [5.74, 6) is 0.582. The number of aromatic nitrogens is 2. The first-order chi connectivity index (χ1) is 11.5. The van der Waals surface area contributed by atoms with Gasteiger partial charge in [-0.1, -0.05) is 12.1 Å². The van der Waals surface area contributed by atoms with Crippen LogP contribution in [0.25, 0.3) is 10.9 Å². The van der Waals surface area contributed by atoms with Gasteiger partial charge in [-0.25, -0.2) is 9.37 Å². The Kier molecular flexibility index (Phi) is 4.22. The van der Waals surface area contributed by atoms with Gasteiger partial charge in [0.05, 0.1) is 11.6 Å². The second-order valence-corrected chi connectivity index (χ2v) is 5.97. The molecule has 0 spiro atoms. The smallest absolute Gasteiger partial charge is 0.153 e. The first kappa shape index (κ1) is 16.0. The Morgan fingerprint density at radius 1 is 1.21 bits per heavy atom. The predicted octanol–water partition coefficient (Wildman–Crippen LogP) is 3.95. The third kappa shape index (κ3) is 2.71. The standard InChI is InChI=1S/C19H19FN4/c1-13-14(2)24(11-9-21)18-17(13)8-10-22-19(18)23(3)12-15-4-6-16(20)7-5-15/h4-8,10H,11-12H2,1-3H3. The van der Waals surface area contributed by atoms with Crippen LogP contribution in [-0.4, -0.2) is 16.6 Å². The molecule has 3 aromatic rings. The van der Waals surface area contributed by atoms with E-state index in [4.69, 9.17) is 5.26 Å². The number of aryl methyl sites for hydroxylation is 1. The zero-order valence-corrected chi connectivity index (χ0v) is 14.0. The van der Waals surface area contributed by atoms with E-state index in [-0.39, 0.29) is 5.82 Å². The van der Waals surface area contributed by atoms with Crippen molar-refractivity contribution in [2.45, 2.75) is 26.9 Å². The molecule has 0 fully saturated rings. The molecule has 0 radical (unpaired) electrons. The number of fused-ring (bicyclic) bond motifs is 1. The third-order valence-corrected chi connectivity index (χ3v) is 4.45. The Morgan fingerprint density at radius 2 is 1.92 bits per heavy atom. The third-order valence-electron chi connectivity index (χ3n) is 4.45. The van der Waals surface area contributed by atoms with Gasteiger partial charge >= 0.3 is 0 Å². The van der Waals surface area contributed by atoms with Crippen LogP contribution in [0, 0.1) is 31.0 Å². The van der Waals surface area contributed by atoms with Crippen molar-refractivity contribution in [1.82, 2.24) is 9.55 Å². The average molecular weight is 322 g/mol. The number of pyridine rings is 1. The molecule has 5 heteroatoms. The van der Waals surface area contributed by atoms with E-state index in [1.807, 2.05) is 29.5 Å². The van der Waals surface area contributed by atoms with Gasteiger partial charge in [0.25, 0.3) is 0 Å². The Hall–Kier alpha value is -2.87. The number of rotatable bonds is 4. The minimum Gasteiger partial charge on any atom is -0.354 e. The van der Waals surface area contributed by atoms with Crippen LogP contribution in [-0.2, 0) is 13.1 Å². The number of hydrogen-bond acceptors (Lipinski definition) is 3.